The van der Waals surface area contributed by atoms with E-state index < -0.39 is 11.7 Å². The molecule has 2 amide bonds. The first kappa shape index (κ1) is 18.2. The number of nitrogens with one attached hydrogen (secondary N) is 1. The molecule has 28 heavy (non-hydrogen) atoms. The summed E-state index contributed by atoms with van der Waals surface area (Å²) in [6.07, 6.45) is 3.28. The lowest BCUT2D eigenvalue weighted by Crippen LogP contribution is -2.28. The van der Waals surface area contributed by atoms with Gasteiger partial charge in [0.05, 0.1) is 5.92 Å². The minimum Gasteiger partial charge on any atom is -0.326 e. The Hall–Kier alpha value is -3.19. The summed E-state index contributed by atoms with van der Waals surface area (Å²) in [6.45, 7) is 0.264. The van der Waals surface area contributed by atoms with Gasteiger partial charge in [-0.2, -0.15) is 5.10 Å². The van der Waals surface area contributed by atoms with Crippen LogP contribution in [0, 0.1) is 11.7 Å². The maximum atomic E-state index is 14.3. The van der Waals surface area contributed by atoms with E-state index in [0.29, 0.717) is 16.4 Å². The highest BCUT2D eigenvalue weighted by atomic mass is 35.5. The quantitative estimate of drug-likeness (QED) is 0.729. The average Bonchev–Trinajstić information content (AvgIpc) is 3.33. The number of hydrogen-bond donors (Lipinski definition) is 1. The molecule has 4 rings (SSSR count). The summed E-state index contributed by atoms with van der Waals surface area (Å²) in [4.78, 5) is 26.4. The number of rotatable bonds is 4. The number of amides is 2. The highest BCUT2D eigenvalue weighted by Crippen LogP contribution is 2.27. The normalized spacial score (nSPS) is 16.4. The first-order chi connectivity index (χ1) is 13.5. The minimum atomic E-state index is -0.517. The molecule has 1 saturated heterocycles. The number of halogens is 2. The molecule has 1 N–H and O–H groups in total. The zero-order valence-electron chi connectivity index (χ0n) is 14.7. The van der Waals surface area contributed by atoms with E-state index >= 15 is 0 Å². The zero-order chi connectivity index (χ0) is 19.7. The number of carbonyl (C=O) groups is 2. The van der Waals surface area contributed by atoms with Crippen molar-refractivity contribution in [2.45, 2.75) is 6.42 Å². The second-order valence-electron chi connectivity index (χ2n) is 6.49. The second kappa shape index (κ2) is 7.44. The molecule has 0 spiro atoms. The number of aromatic nitrogens is 2. The van der Waals surface area contributed by atoms with Crippen molar-refractivity contribution in [3.8, 4) is 5.69 Å². The fourth-order valence-electron chi connectivity index (χ4n) is 3.18. The topological polar surface area (TPSA) is 67.2 Å². The zero-order valence-corrected chi connectivity index (χ0v) is 15.4. The van der Waals surface area contributed by atoms with Crippen molar-refractivity contribution < 1.29 is 14.0 Å². The number of nitrogens with zero attached hydrogens (tertiary/aromatic N) is 3. The highest BCUT2D eigenvalue weighted by Gasteiger charge is 2.35. The van der Waals surface area contributed by atoms with E-state index in [-0.39, 0.29) is 30.5 Å². The summed E-state index contributed by atoms with van der Waals surface area (Å²) < 4.78 is 15.7. The molecule has 8 heteroatoms. The number of hydrogen-bond acceptors (Lipinski definition) is 3. The molecular weight excluding hydrogens is 383 g/mol. The van der Waals surface area contributed by atoms with E-state index in [1.807, 2.05) is 0 Å². The van der Waals surface area contributed by atoms with Crippen LogP contribution in [0.3, 0.4) is 0 Å². The van der Waals surface area contributed by atoms with Crippen LogP contribution in [0.2, 0.25) is 5.02 Å². The third kappa shape index (κ3) is 3.61. The number of carbonyl (C=O) groups excluding carboxylic acids is 2. The van der Waals surface area contributed by atoms with Crippen molar-refractivity contribution in [1.82, 2.24) is 9.78 Å². The Morgan fingerprint density at radius 1 is 1.21 bits per heavy atom. The van der Waals surface area contributed by atoms with Gasteiger partial charge in [0, 0.05) is 41.8 Å². The van der Waals surface area contributed by atoms with Gasteiger partial charge in [-0.05, 0) is 48.5 Å². The van der Waals surface area contributed by atoms with E-state index in [0.717, 1.165) is 0 Å². The Kier molecular flexibility index (Phi) is 4.83. The van der Waals surface area contributed by atoms with E-state index in [9.17, 15) is 14.0 Å². The van der Waals surface area contributed by atoms with Gasteiger partial charge in [-0.25, -0.2) is 9.07 Å². The molecule has 2 aromatic carbocycles. The van der Waals surface area contributed by atoms with Crippen molar-refractivity contribution in [3.05, 3.63) is 71.8 Å². The molecule has 0 bridgehead atoms. The lowest BCUT2D eigenvalue weighted by atomic mass is 10.1. The van der Waals surface area contributed by atoms with E-state index in [1.165, 1.54) is 16.8 Å². The molecule has 1 aliphatic heterocycles. The molecule has 142 valence electrons. The molecule has 0 radical (unpaired) electrons. The molecule has 1 aromatic heterocycles. The Morgan fingerprint density at radius 2 is 2.00 bits per heavy atom. The summed E-state index contributed by atoms with van der Waals surface area (Å²) in [5.74, 6) is -1.48. The van der Waals surface area contributed by atoms with Crippen molar-refractivity contribution >= 4 is 34.8 Å². The van der Waals surface area contributed by atoms with E-state index in [2.05, 4.69) is 10.4 Å². The molecule has 2 heterocycles. The molecule has 1 aliphatic rings. The Bertz CT molecular complexity index is 1020. The van der Waals surface area contributed by atoms with Gasteiger partial charge in [-0.15, -0.1) is 0 Å². The first-order valence-corrected chi connectivity index (χ1v) is 9.05. The summed E-state index contributed by atoms with van der Waals surface area (Å²) in [5, 5.41) is 7.25. The minimum absolute atomic E-state index is 0.0995. The van der Waals surface area contributed by atoms with E-state index in [1.54, 1.807) is 53.7 Å². The van der Waals surface area contributed by atoms with Crippen LogP contribution in [0.25, 0.3) is 5.69 Å². The highest BCUT2D eigenvalue weighted by molar-refractivity contribution is 6.30. The largest absolute Gasteiger partial charge is 0.326 e. The van der Waals surface area contributed by atoms with Crippen LogP contribution in [0.5, 0.6) is 0 Å². The second-order valence-corrected chi connectivity index (χ2v) is 6.92. The van der Waals surface area contributed by atoms with Crippen LogP contribution in [0.1, 0.15) is 6.42 Å². The van der Waals surface area contributed by atoms with Gasteiger partial charge in [-0.1, -0.05) is 11.6 Å². The molecule has 1 fully saturated rings. The number of benzene rings is 2. The van der Waals surface area contributed by atoms with Gasteiger partial charge in [0.1, 0.15) is 5.69 Å². The summed E-state index contributed by atoms with van der Waals surface area (Å²) in [7, 11) is 0. The third-order valence-corrected chi connectivity index (χ3v) is 4.85. The molecular formula is C20H16ClFN4O2. The Balaban J connectivity index is 1.45. The predicted molar refractivity (Wildman–Crippen MR) is 104 cm³/mol. The lowest BCUT2D eigenvalue weighted by Gasteiger charge is -2.17. The third-order valence-electron chi connectivity index (χ3n) is 4.60. The number of anilines is 2. The predicted octanol–water partition coefficient (Wildman–Crippen LogP) is 3.66. The maximum absolute atomic E-state index is 14.3. The molecule has 1 atom stereocenters. The SMILES string of the molecule is O=C(Nc1ccc(-n2cccn2)c(F)c1)C1CC(=O)N(c2ccc(Cl)cc2)C1. The van der Waals surface area contributed by atoms with Gasteiger partial charge in [0.25, 0.3) is 0 Å². The monoisotopic (exact) mass is 398 g/mol. The van der Waals surface area contributed by atoms with Gasteiger partial charge < -0.3 is 10.2 Å². The Morgan fingerprint density at radius 3 is 2.68 bits per heavy atom. The van der Waals surface area contributed by atoms with Gasteiger partial charge in [-0.3, -0.25) is 9.59 Å². The Labute approximate surface area is 165 Å². The molecule has 0 saturated carbocycles. The van der Waals surface area contributed by atoms with E-state index in [4.69, 9.17) is 11.6 Å². The maximum Gasteiger partial charge on any atom is 0.229 e. The lowest BCUT2D eigenvalue weighted by molar-refractivity contribution is -0.122. The van der Waals surface area contributed by atoms with Crippen LogP contribution in [0.4, 0.5) is 15.8 Å². The van der Waals surface area contributed by atoms with Gasteiger partial charge >= 0.3 is 0 Å². The smallest absolute Gasteiger partial charge is 0.229 e. The van der Waals surface area contributed by atoms with Crippen LogP contribution >= 0.6 is 11.6 Å². The van der Waals surface area contributed by atoms with Gasteiger partial charge in [0.15, 0.2) is 5.82 Å². The molecule has 6 nitrogen and oxygen atoms in total. The average molecular weight is 399 g/mol. The fraction of sp³-hybridized carbons (Fsp3) is 0.150. The fourth-order valence-corrected chi connectivity index (χ4v) is 3.31. The molecule has 3 aromatic rings. The van der Waals surface area contributed by atoms with Crippen LogP contribution in [-0.4, -0.2) is 28.1 Å². The molecule has 1 unspecified atom stereocenters. The standard InChI is InChI=1S/C20H16ClFN4O2/c21-14-2-5-16(6-3-14)25-12-13(10-19(25)27)20(28)24-15-4-7-18(17(22)11-15)26-9-1-8-23-26/h1-9,11,13H,10,12H2,(H,24,28). The molecule has 0 aliphatic carbocycles. The van der Waals surface area contributed by atoms with Crippen molar-refractivity contribution in [1.29, 1.82) is 0 Å². The van der Waals surface area contributed by atoms with Crippen molar-refractivity contribution in [2.24, 2.45) is 5.92 Å². The van der Waals surface area contributed by atoms with Crippen LogP contribution in [-0.2, 0) is 9.59 Å². The van der Waals surface area contributed by atoms with Crippen LogP contribution in [0.15, 0.2) is 60.9 Å². The first-order valence-electron chi connectivity index (χ1n) is 8.67. The summed E-state index contributed by atoms with van der Waals surface area (Å²) >= 11 is 5.88. The van der Waals surface area contributed by atoms with Crippen molar-refractivity contribution in [2.75, 3.05) is 16.8 Å². The van der Waals surface area contributed by atoms with Crippen molar-refractivity contribution in [3.63, 3.8) is 0 Å². The van der Waals surface area contributed by atoms with Gasteiger partial charge in [0.2, 0.25) is 11.8 Å². The summed E-state index contributed by atoms with van der Waals surface area (Å²) in [5.41, 5.74) is 1.31. The summed E-state index contributed by atoms with van der Waals surface area (Å²) in [6, 6.07) is 12.9. The van der Waals surface area contributed by atoms with Crippen LogP contribution < -0.4 is 10.2 Å².